The van der Waals surface area contributed by atoms with Crippen LogP contribution in [0, 0.1) is 13.8 Å². The van der Waals surface area contributed by atoms with E-state index in [-0.39, 0.29) is 24.8 Å². The van der Waals surface area contributed by atoms with Crippen molar-refractivity contribution in [2.75, 3.05) is 32.6 Å². The van der Waals surface area contributed by atoms with Crippen molar-refractivity contribution < 1.29 is 24.0 Å². The third-order valence-corrected chi connectivity index (χ3v) is 4.41. The molecule has 3 N–H and O–H groups in total. The van der Waals surface area contributed by atoms with Gasteiger partial charge in [-0.15, -0.1) is 0 Å². The van der Waals surface area contributed by atoms with Crippen molar-refractivity contribution in [1.82, 2.24) is 4.98 Å². The number of benzene rings is 1. The number of halogens is 1. The molecule has 2 rings (SSSR count). The summed E-state index contributed by atoms with van der Waals surface area (Å²) in [5.74, 6) is -0.872. The SMILES string of the molecule is COC(=O)c1c(C)[nH]c(C(=O)C[NH+](C)CC(=O)Nc2ccc(Cl)cc2)c1C. The van der Waals surface area contributed by atoms with Crippen LogP contribution in [0.25, 0.3) is 0 Å². The van der Waals surface area contributed by atoms with Gasteiger partial charge < -0.3 is 19.9 Å². The number of anilines is 1. The number of aryl methyl sites for hydroxylation is 1. The number of Topliss-reactive ketones (excluding diaryl/α,β-unsaturated/α-hetero) is 1. The number of ketones is 1. The highest BCUT2D eigenvalue weighted by molar-refractivity contribution is 6.30. The Labute approximate surface area is 162 Å². The fourth-order valence-electron chi connectivity index (χ4n) is 2.87. The minimum absolute atomic E-state index is 0.107. The number of hydrogen-bond donors (Lipinski definition) is 3. The van der Waals surface area contributed by atoms with Crippen LogP contribution in [0.2, 0.25) is 5.02 Å². The molecular formula is C19H23ClN3O4+. The molecule has 1 aromatic carbocycles. The second kappa shape index (κ2) is 8.83. The molecule has 1 aromatic heterocycles. The molecule has 0 spiro atoms. The lowest BCUT2D eigenvalue weighted by Gasteiger charge is -2.13. The van der Waals surface area contributed by atoms with E-state index in [4.69, 9.17) is 16.3 Å². The van der Waals surface area contributed by atoms with E-state index in [1.807, 2.05) is 0 Å². The zero-order chi connectivity index (χ0) is 20.1. The second-order valence-corrected chi connectivity index (χ2v) is 6.84. The number of aromatic nitrogens is 1. The third kappa shape index (κ3) is 5.18. The molecular weight excluding hydrogens is 370 g/mol. The highest BCUT2D eigenvalue weighted by Crippen LogP contribution is 2.19. The Morgan fingerprint density at radius 2 is 1.78 bits per heavy atom. The summed E-state index contributed by atoms with van der Waals surface area (Å²) < 4.78 is 4.75. The van der Waals surface area contributed by atoms with Crippen LogP contribution in [-0.2, 0) is 9.53 Å². The fraction of sp³-hybridized carbons (Fsp3) is 0.316. The van der Waals surface area contributed by atoms with Crippen molar-refractivity contribution in [2.24, 2.45) is 0 Å². The van der Waals surface area contributed by atoms with Gasteiger partial charge in [0.25, 0.3) is 5.91 Å². The van der Waals surface area contributed by atoms with Crippen LogP contribution in [0.3, 0.4) is 0 Å². The zero-order valence-electron chi connectivity index (χ0n) is 15.7. The van der Waals surface area contributed by atoms with Gasteiger partial charge in [0.1, 0.15) is 6.54 Å². The van der Waals surface area contributed by atoms with Crippen LogP contribution < -0.4 is 10.2 Å². The van der Waals surface area contributed by atoms with E-state index >= 15 is 0 Å². The van der Waals surface area contributed by atoms with E-state index in [0.29, 0.717) is 33.2 Å². The zero-order valence-corrected chi connectivity index (χ0v) is 16.5. The van der Waals surface area contributed by atoms with E-state index in [1.54, 1.807) is 45.2 Å². The Morgan fingerprint density at radius 3 is 2.37 bits per heavy atom. The number of carbonyl (C=O) groups is 3. The van der Waals surface area contributed by atoms with Gasteiger partial charge in [0.15, 0.2) is 6.54 Å². The third-order valence-electron chi connectivity index (χ3n) is 4.16. The van der Waals surface area contributed by atoms with Crippen molar-refractivity contribution in [3.63, 3.8) is 0 Å². The molecule has 1 atom stereocenters. The number of hydrogen-bond acceptors (Lipinski definition) is 4. The number of H-pyrrole nitrogens is 1. The number of ether oxygens (including phenoxy) is 1. The molecule has 7 nitrogen and oxygen atoms in total. The fourth-order valence-corrected chi connectivity index (χ4v) is 3.00. The molecule has 1 amide bonds. The Kier molecular flexibility index (Phi) is 6.76. The molecule has 2 aromatic rings. The number of nitrogens with one attached hydrogen (secondary N) is 3. The normalized spacial score (nSPS) is 11.7. The van der Waals surface area contributed by atoms with Gasteiger partial charge in [0.05, 0.1) is 25.4 Å². The lowest BCUT2D eigenvalue weighted by atomic mass is 10.1. The number of quaternary nitrogens is 1. The summed E-state index contributed by atoms with van der Waals surface area (Å²) in [6.07, 6.45) is 0. The topological polar surface area (TPSA) is 92.7 Å². The first kappa shape index (κ1) is 20.7. The second-order valence-electron chi connectivity index (χ2n) is 6.41. The maximum absolute atomic E-state index is 12.6. The monoisotopic (exact) mass is 392 g/mol. The van der Waals surface area contributed by atoms with Gasteiger partial charge in [-0.05, 0) is 43.7 Å². The molecule has 0 aliphatic heterocycles. The minimum Gasteiger partial charge on any atom is -0.465 e. The first-order chi connectivity index (χ1) is 12.7. The van der Waals surface area contributed by atoms with Crippen LogP contribution in [0.15, 0.2) is 24.3 Å². The first-order valence-corrected chi connectivity index (χ1v) is 8.78. The van der Waals surface area contributed by atoms with Gasteiger partial charge in [-0.1, -0.05) is 11.6 Å². The number of carbonyl (C=O) groups excluding carboxylic acids is 3. The summed E-state index contributed by atoms with van der Waals surface area (Å²) in [5, 5.41) is 3.35. The molecule has 0 bridgehead atoms. The number of methoxy groups -OCH3 is 1. The molecule has 144 valence electrons. The summed E-state index contributed by atoms with van der Waals surface area (Å²) in [7, 11) is 3.05. The summed E-state index contributed by atoms with van der Waals surface area (Å²) in [5.41, 5.74) is 2.52. The average molecular weight is 393 g/mol. The highest BCUT2D eigenvalue weighted by Gasteiger charge is 2.24. The number of aromatic amines is 1. The molecule has 0 radical (unpaired) electrons. The van der Waals surface area contributed by atoms with Gasteiger partial charge >= 0.3 is 5.97 Å². The van der Waals surface area contributed by atoms with E-state index in [2.05, 4.69) is 10.3 Å². The molecule has 0 aliphatic carbocycles. The molecule has 8 heteroatoms. The summed E-state index contributed by atoms with van der Waals surface area (Å²) >= 11 is 5.82. The summed E-state index contributed by atoms with van der Waals surface area (Å²) in [6, 6.07) is 6.79. The molecule has 27 heavy (non-hydrogen) atoms. The molecule has 0 saturated carbocycles. The van der Waals surface area contributed by atoms with E-state index < -0.39 is 5.97 Å². The van der Waals surface area contributed by atoms with Crippen molar-refractivity contribution in [2.45, 2.75) is 13.8 Å². The lowest BCUT2D eigenvalue weighted by Crippen LogP contribution is -3.11. The van der Waals surface area contributed by atoms with Gasteiger partial charge in [-0.25, -0.2) is 4.79 Å². The van der Waals surface area contributed by atoms with Crippen LogP contribution in [-0.4, -0.2) is 49.9 Å². The predicted molar refractivity (Wildman–Crippen MR) is 103 cm³/mol. The summed E-state index contributed by atoms with van der Waals surface area (Å²) in [6.45, 7) is 3.64. The van der Waals surface area contributed by atoms with E-state index in [9.17, 15) is 14.4 Å². The highest BCUT2D eigenvalue weighted by atomic mass is 35.5. The molecule has 0 saturated heterocycles. The van der Waals surface area contributed by atoms with Crippen LogP contribution in [0.5, 0.6) is 0 Å². The average Bonchev–Trinajstić information content (AvgIpc) is 2.90. The van der Waals surface area contributed by atoms with E-state index in [0.717, 1.165) is 4.90 Å². The number of likely N-dealkylation sites (N-methyl/N-ethyl adjacent to an activating group) is 1. The van der Waals surface area contributed by atoms with Crippen molar-refractivity contribution in [3.8, 4) is 0 Å². The maximum atomic E-state index is 12.6. The quantitative estimate of drug-likeness (QED) is 0.490. The predicted octanol–water partition coefficient (Wildman–Crippen LogP) is 1.41. The van der Waals surface area contributed by atoms with Crippen LogP contribution in [0.4, 0.5) is 5.69 Å². The van der Waals surface area contributed by atoms with Gasteiger partial charge in [0, 0.05) is 16.4 Å². The number of esters is 1. The van der Waals surface area contributed by atoms with Crippen LogP contribution in [0.1, 0.15) is 32.1 Å². The molecule has 0 fully saturated rings. The Hall–Kier alpha value is -2.64. The van der Waals surface area contributed by atoms with Gasteiger partial charge in [-0.2, -0.15) is 0 Å². The Balaban J connectivity index is 1.98. The van der Waals surface area contributed by atoms with Crippen LogP contribution >= 0.6 is 11.6 Å². The van der Waals surface area contributed by atoms with Gasteiger partial charge in [0.2, 0.25) is 5.78 Å². The van der Waals surface area contributed by atoms with Crippen molar-refractivity contribution in [1.29, 1.82) is 0 Å². The number of amides is 1. The summed E-state index contributed by atoms with van der Waals surface area (Å²) in [4.78, 5) is 40.2. The van der Waals surface area contributed by atoms with Crippen molar-refractivity contribution >= 4 is 34.9 Å². The van der Waals surface area contributed by atoms with Gasteiger partial charge in [-0.3, -0.25) is 9.59 Å². The largest absolute Gasteiger partial charge is 0.465 e. The first-order valence-electron chi connectivity index (χ1n) is 8.40. The molecule has 1 heterocycles. The smallest absolute Gasteiger partial charge is 0.339 e. The minimum atomic E-state index is -0.483. The lowest BCUT2D eigenvalue weighted by molar-refractivity contribution is -0.861. The van der Waals surface area contributed by atoms with E-state index in [1.165, 1.54) is 7.11 Å². The standard InChI is InChI=1S/C19H22ClN3O4/c1-11-17(19(26)27-4)12(2)21-18(11)15(24)9-23(3)10-16(25)22-14-7-5-13(20)6-8-14/h5-8,21H,9-10H2,1-4H3,(H,22,25)/p+1. The Morgan fingerprint density at radius 1 is 1.15 bits per heavy atom. The van der Waals surface area contributed by atoms with Crippen molar-refractivity contribution in [3.05, 3.63) is 51.8 Å². The molecule has 0 aliphatic rings. The maximum Gasteiger partial charge on any atom is 0.339 e. The number of rotatable bonds is 7. The Bertz CT molecular complexity index is 859. The molecule has 1 unspecified atom stereocenters.